The molecule has 0 unspecified atom stereocenters. The Morgan fingerprint density at radius 3 is 2.41 bits per heavy atom. The van der Waals surface area contributed by atoms with Crippen molar-refractivity contribution in [3.05, 3.63) is 41.5 Å². The zero-order valence-corrected chi connectivity index (χ0v) is 10.6. The monoisotopic (exact) mass is 233 g/mol. The summed E-state index contributed by atoms with van der Waals surface area (Å²) in [5.74, 6) is -0.887. The Hall–Kier alpha value is -1.77. The van der Waals surface area contributed by atoms with E-state index in [2.05, 4.69) is 43.0 Å². The van der Waals surface area contributed by atoms with Crippen molar-refractivity contribution in [3.63, 3.8) is 0 Å². The Balaban J connectivity index is 2.78. The second-order valence-electron chi connectivity index (χ2n) is 4.18. The average Bonchev–Trinajstić information content (AvgIpc) is 2.26. The SMILES string of the molecule is CCN(C/C(C)=C/C(=O)O)c1ccc(C)cc1. The van der Waals surface area contributed by atoms with Gasteiger partial charge in [0.25, 0.3) is 0 Å². The Labute approximate surface area is 102 Å². The highest BCUT2D eigenvalue weighted by Crippen LogP contribution is 2.16. The maximum absolute atomic E-state index is 10.6. The van der Waals surface area contributed by atoms with Gasteiger partial charge in [-0.1, -0.05) is 17.7 Å². The first kappa shape index (κ1) is 13.3. The lowest BCUT2D eigenvalue weighted by atomic mass is 10.2. The number of carboxylic acid groups (broad SMARTS) is 1. The molecule has 0 aliphatic heterocycles. The van der Waals surface area contributed by atoms with Gasteiger partial charge in [-0.3, -0.25) is 0 Å². The van der Waals surface area contributed by atoms with Gasteiger partial charge in [-0.05, 0) is 38.5 Å². The van der Waals surface area contributed by atoms with E-state index in [1.165, 1.54) is 11.6 Å². The molecule has 0 aliphatic carbocycles. The first-order chi connectivity index (χ1) is 8.02. The van der Waals surface area contributed by atoms with Crippen LogP contribution in [0.1, 0.15) is 19.4 Å². The van der Waals surface area contributed by atoms with Crippen molar-refractivity contribution in [2.45, 2.75) is 20.8 Å². The van der Waals surface area contributed by atoms with E-state index in [0.717, 1.165) is 17.8 Å². The van der Waals surface area contributed by atoms with E-state index >= 15 is 0 Å². The van der Waals surface area contributed by atoms with Gasteiger partial charge >= 0.3 is 5.97 Å². The molecule has 0 saturated carbocycles. The molecule has 1 N–H and O–H groups in total. The molecule has 0 saturated heterocycles. The van der Waals surface area contributed by atoms with Crippen molar-refractivity contribution in [2.24, 2.45) is 0 Å². The van der Waals surface area contributed by atoms with E-state index in [4.69, 9.17) is 5.11 Å². The molecule has 0 bridgehead atoms. The number of aliphatic carboxylic acids is 1. The maximum Gasteiger partial charge on any atom is 0.328 e. The van der Waals surface area contributed by atoms with Crippen LogP contribution >= 0.6 is 0 Å². The molecule has 17 heavy (non-hydrogen) atoms. The fraction of sp³-hybridized carbons (Fsp3) is 0.357. The summed E-state index contributed by atoms with van der Waals surface area (Å²) in [5, 5.41) is 8.68. The van der Waals surface area contributed by atoms with Crippen LogP contribution in [0.2, 0.25) is 0 Å². The highest BCUT2D eigenvalue weighted by atomic mass is 16.4. The van der Waals surface area contributed by atoms with Crippen molar-refractivity contribution in [3.8, 4) is 0 Å². The summed E-state index contributed by atoms with van der Waals surface area (Å²) in [5.41, 5.74) is 3.19. The third-order valence-corrected chi connectivity index (χ3v) is 2.59. The predicted octanol–water partition coefficient (Wildman–Crippen LogP) is 2.85. The van der Waals surface area contributed by atoms with Crippen molar-refractivity contribution in [1.29, 1.82) is 0 Å². The first-order valence-electron chi connectivity index (χ1n) is 5.74. The van der Waals surface area contributed by atoms with Gasteiger partial charge in [-0.15, -0.1) is 0 Å². The zero-order valence-electron chi connectivity index (χ0n) is 10.6. The van der Waals surface area contributed by atoms with E-state index in [1.54, 1.807) is 0 Å². The van der Waals surface area contributed by atoms with E-state index in [-0.39, 0.29) is 0 Å². The van der Waals surface area contributed by atoms with Crippen LogP contribution in [0.4, 0.5) is 5.69 Å². The number of anilines is 1. The summed E-state index contributed by atoms with van der Waals surface area (Å²) in [6.45, 7) is 7.45. The van der Waals surface area contributed by atoms with Gasteiger partial charge < -0.3 is 10.0 Å². The van der Waals surface area contributed by atoms with Crippen molar-refractivity contribution < 1.29 is 9.90 Å². The number of rotatable bonds is 5. The van der Waals surface area contributed by atoms with Crippen LogP contribution in [0.3, 0.4) is 0 Å². The lowest BCUT2D eigenvalue weighted by Gasteiger charge is -2.23. The van der Waals surface area contributed by atoms with E-state index in [0.29, 0.717) is 6.54 Å². The molecule has 3 heteroatoms. The molecule has 0 radical (unpaired) electrons. The molecule has 1 aromatic rings. The molecule has 0 atom stereocenters. The van der Waals surface area contributed by atoms with Crippen LogP contribution in [-0.4, -0.2) is 24.2 Å². The molecule has 3 nitrogen and oxygen atoms in total. The fourth-order valence-electron chi connectivity index (χ4n) is 1.70. The van der Waals surface area contributed by atoms with E-state index in [1.807, 2.05) is 6.92 Å². The lowest BCUT2D eigenvalue weighted by Crippen LogP contribution is -2.24. The van der Waals surface area contributed by atoms with Gasteiger partial charge in [0.15, 0.2) is 0 Å². The predicted molar refractivity (Wildman–Crippen MR) is 70.5 cm³/mol. The minimum absolute atomic E-state index is 0.645. The molecule has 0 heterocycles. The van der Waals surface area contributed by atoms with Gasteiger partial charge in [0.2, 0.25) is 0 Å². The summed E-state index contributed by atoms with van der Waals surface area (Å²) >= 11 is 0. The second-order valence-corrected chi connectivity index (χ2v) is 4.18. The van der Waals surface area contributed by atoms with Crippen LogP contribution in [-0.2, 0) is 4.79 Å². The maximum atomic E-state index is 10.6. The Morgan fingerprint density at radius 2 is 1.94 bits per heavy atom. The minimum atomic E-state index is -0.887. The summed E-state index contributed by atoms with van der Waals surface area (Å²) in [4.78, 5) is 12.7. The molecular weight excluding hydrogens is 214 g/mol. The summed E-state index contributed by atoms with van der Waals surface area (Å²) in [6, 6.07) is 8.25. The van der Waals surface area contributed by atoms with Crippen LogP contribution in [0, 0.1) is 6.92 Å². The van der Waals surface area contributed by atoms with Gasteiger partial charge in [-0.25, -0.2) is 4.79 Å². The number of aryl methyl sites for hydroxylation is 1. The van der Waals surface area contributed by atoms with Crippen molar-refractivity contribution in [2.75, 3.05) is 18.0 Å². The van der Waals surface area contributed by atoms with Gasteiger partial charge in [0.1, 0.15) is 0 Å². The van der Waals surface area contributed by atoms with Crippen molar-refractivity contribution in [1.82, 2.24) is 0 Å². The standard InChI is InChI=1S/C14H19NO2/c1-4-15(10-12(3)9-14(16)17)13-7-5-11(2)6-8-13/h5-9H,4,10H2,1-3H3,(H,16,17)/b12-9+. The number of likely N-dealkylation sites (N-methyl/N-ethyl adjacent to an activating group) is 1. The number of carbonyl (C=O) groups is 1. The first-order valence-corrected chi connectivity index (χ1v) is 5.74. The highest BCUT2D eigenvalue weighted by molar-refractivity contribution is 5.80. The van der Waals surface area contributed by atoms with Gasteiger partial charge in [0.05, 0.1) is 0 Å². The lowest BCUT2D eigenvalue weighted by molar-refractivity contribution is -0.131. The fourth-order valence-corrected chi connectivity index (χ4v) is 1.70. The third-order valence-electron chi connectivity index (χ3n) is 2.59. The molecule has 0 aromatic heterocycles. The summed E-state index contributed by atoms with van der Waals surface area (Å²) in [6.07, 6.45) is 1.26. The van der Waals surface area contributed by atoms with Gasteiger partial charge in [0, 0.05) is 24.9 Å². The molecule has 92 valence electrons. The number of carboxylic acids is 1. The number of hydrogen-bond donors (Lipinski definition) is 1. The second kappa shape index (κ2) is 6.09. The molecule has 0 fully saturated rings. The number of nitrogens with zero attached hydrogens (tertiary/aromatic N) is 1. The topological polar surface area (TPSA) is 40.5 Å². The van der Waals surface area contributed by atoms with Crippen molar-refractivity contribution >= 4 is 11.7 Å². The molecular formula is C14H19NO2. The third kappa shape index (κ3) is 4.31. The zero-order chi connectivity index (χ0) is 12.8. The highest BCUT2D eigenvalue weighted by Gasteiger charge is 2.05. The molecule has 0 amide bonds. The Bertz CT molecular complexity index is 407. The van der Waals surface area contributed by atoms with E-state index < -0.39 is 5.97 Å². The number of benzene rings is 1. The summed E-state index contributed by atoms with van der Waals surface area (Å²) < 4.78 is 0. The molecule has 0 spiro atoms. The Morgan fingerprint density at radius 1 is 1.35 bits per heavy atom. The quantitative estimate of drug-likeness (QED) is 0.795. The number of hydrogen-bond acceptors (Lipinski definition) is 2. The van der Waals surface area contributed by atoms with E-state index in [9.17, 15) is 4.79 Å². The molecule has 1 aromatic carbocycles. The average molecular weight is 233 g/mol. The molecule has 1 rings (SSSR count). The van der Waals surface area contributed by atoms with Crippen LogP contribution in [0.5, 0.6) is 0 Å². The van der Waals surface area contributed by atoms with Crippen LogP contribution < -0.4 is 4.90 Å². The largest absolute Gasteiger partial charge is 0.478 e. The van der Waals surface area contributed by atoms with Gasteiger partial charge in [-0.2, -0.15) is 0 Å². The minimum Gasteiger partial charge on any atom is -0.478 e. The van der Waals surface area contributed by atoms with Crippen LogP contribution in [0.15, 0.2) is 35.9 Å². The smallest absolute Gasteiger partial charge is 0.328 e. The summed E-state index contributed by atoms with van der Waals surface area (Å²) in [7, 11) is 0. The Kier molecular flexibility index (Phi) is 4.76. The normalized spacial score (nSPS) is 11.4. The molecule has 0 aliphatic rings. The van der Waals surface area contributed by atoms with Crippen LogP contribution in [0.25, 0.3) is 0 Å².